The van der Waals surface area contributed by atoms with Gasteiger partial charge in [-0.3, -0.25) is 9.59 Å². The summed E-state index contributed by atoms with van der Waals surface area (Å²) in [5.41, 5.74) is 4.17. The van der Waals surface area contributed by atoms with E-state index in [9.17, 15) is 9.59 Å². The molecular weight excluding hydrogens is 436 g/mol. The second-order valence-corrected chi connectivity index (χ2v) is 8.17. The first-order valence-corrected chi connectivity index (χ1v) is 11.6. The van der Waals surface area contributed by atoms with Crippen molar-refractivity contribution in [1.29, 1.82) is 0 Å². The van der Waals surface area contributed by atoms with Gasteiger partial charge in [0.1, 0.15) is 5.75 Å². The van der Waals surface area contributed by atoms with Crippen LogP contribution in [-0.2, 0) is 4.79 Å². The van der Waals surface area contributed by atoms with Crippen molar-refractivity contribution in [1.82, 2.24) is 0 Å². The van der Waals surface area contributed by atoms with E-state index in [1.54, 1.807) is 36.2 Å². The lowest BCUT2D eigenvalue weighted by molar-refractivity contribution is -0.122. The highest BCUT2D eigenvalue weighted by molar-refractivity contribution is 6.06. The average molecular weight is 465 g/mol. The van der Waals surface area contributed by atoms with Crippen LogP contribution in [0.1, 0.15) is 23.7 Å². The number of hydrogen-bond donors (Lipinski definition) is 1. The summed E-state index contributed by atoms with van der Waals surface area (Å²) in [6.07, 6.45) is -0.117. The molecule has 0 aliphatic rings. The number of benzene rings is 4. The Morgan fingerprint density at radius 2 is 1.34 bits per heavy atom. The second kappa shape index (κ2) is 11.2. The maximum atomic E-state index is 12.8. The molecule has 35 heavy (non-hydrogen) atoms. The molecule has 4 rings (SSSR count). The second-order valence-electron chi connectivity index (χ2n) is 8.17. The number of carbonyl (C=O) groups excluding carboxylic acids is 2. The molecule has 0 bridgehead atoms. The number of rotatable bonds is 8. The summed E-state index contributed by atoms with van der Waals surface area (Å²) in [5.74, 6) is 0.277. The zero-order valence-corrected chi connectivity index (χ0v) is 19.8. The van der Waals surface area contributed by atoms with Gasteiger partial charge in [0.15, 0.2) is 6.10 Å². The first-order chi connectivity index (χ1) is 17.0. The molecule has 0 saturated heterocycles. The SMILES string of the molecule is CCC(Oc1ccc(-c2ccccc2)cc1)C(=O)Nc1ccc(C(=O)N(C)c2ccccc2)cc1. The normalized spacial score (nSPS) is 11.4. The van der Waals surface area contributed by atoms with Gasteiger partial charge in [-0.25, -0.2) is 0 Å². The van der Waals surface area contributed by atoms with Crippen LogP contribution in [0.4, 0.5) is 11.4 Å². The maximum absolute atomic E-state index is 12.8. The van der Waals surface area contributed by atoms with Crippen molar-refractivity contribution in [3.05, 3.63) is 115 Å². The smallest absolute Gasteiger partial charge is 0.265 e. The van der Waals surface area contributed by atoms with E-state index in [1.165, 1.54) is 0 Å². The molecule has 0 heterocycles. The van der Waals surface area contributed by atoms with Crippen LogP contribution >= 0.6 is 0 Å². The number of para-hydroxylation sites is 1. The van der Waals surface area contributed by atoms with Crippen molar-refractivity contribution >= 4 is 23.2 Å². The van der Waals surface area contributed by atoms with Gasteiger partial charge in [0.05, 0.1) is 0 Å². The van der Waals surface area contributed by atoms with Gasteiger partial charge in [0.2, 0.25) is 0 Å². The Morgan fingerprint density at radius 3 is 1.94 bits per heavy atom. The third-order valence-corrected chi connectivity index (χ3v) is 5.75. The van der Waals surface area contributed by atoms with Crippen LogP contribution in [0.3, 0.4) is 0 Å². The maximum Gasteiger partial charge on any atom is 0.265 e. The highest BCUT2D eigenvalue weighted by atomic mass is 16.5. The van der Waals surface area contributed by atoms with E-state index in [4.69, 9.17) is 4.74 Å². The molecule has 2 amide bonds. The molecule has 0 aliphatic carbocycles. The molecule has 0 aromatic heterocycles. The lowest BCUT2D eigenvalue weighted by Gasteiger charge is -2.19. The summed E-state index contributed by atoms with van der Waals surface area (Å²) in [4.78, 5) is 27.2. The predicted molar refractivity (Wildman–Crippen MR) is 141 cm³/mol. The van der Waals surface area contributed by atoms with Gasteiger partial charge >= 0.3 is 0 Å². The van der Waals surface area contributed by atoms with E-state index in [2.05, 4.69) is 17.4 Å². The van der Waals surface area contributed by atoms with Gasteiger partial charge in [-0.1, -0.05) is 67.6 Å². The Morgan fingerprint density at radius 1 is 0.771 bits per heavy atom. The van der Waals surface area contributed by atoms with Crippen molar-refractivity contribution in [2.75, 3.05) is 17.3 Å². The molecule has 4 aromatic carbocycles. The first kappa shape index (κ1) is 23.8. The Kier molecular flexibility index (Phi) is 7.58. The van der Waals surface area contributed by atoms with Gasteiger partial charge in [0.25, 0.3) is 11.8 Å². The molecule has 176 valence electrons. The average Bonchev–Trinajstić information content (AvgIpc) is 2.92. The van der Waals surface area contributed by atoms with Crippen molar-refractivity contribution in [3.8, 4) is 16.9 Å². The van der Waals surface area contributed by atoms with Crippen molar-refractivity contribution in [3.63, 3.8) is 0 Å². The van der Waals surface area contributed by atoms with E-state index in [-0.39, 0.29) is 11.8 Å². The number of nitrogens with one attached hydrogen (secondary N) is 1. The number of carbonyl (C=O) groups is 2. The minimum atomic E-state index is -0.636. The van der Waals surface area contributed by atoms with E-state index < -0.39 is 6.10 Å². The highest BCUT2D eigenvalue weighted by Crippen LogP contribution is 2.23. The minimum Gasteiger partial charge on any atom is -0.481 e. The zero-order valence-electron chi connectivity index (χ0n) is 19.8. The monoisotopic (exact) mass is 464 g/mol. The molecule has 0 spiro atoms. The molecule has 5 nitrogen and oxygen atoms in total. The molecule has 4 aromatic rings. The Balaban J connectivity index is 1.37. The minimum absolute atomic E-state index is 0.122. The van der Waals surface area contributed by atoms with Crippen LogP contribution in [0.2, 0.25) is 0 Å². The standard InChI is InChI=1S/C30H28N2O3/c1-3-28(35-27-20-16-23(17-21-27)22-10-6-4-7-11-22)29(33)31-25-18-14-24(15-19-25)30(34)32(2)26-12-8-5-9-13-26/h4-21,28H,3H2,1-2H3,(H,31,33). The van der Waals surface area contributed by atoms with Crippen molar-refractivity contribution in [2.45, 2.75) is 19.4 Å². The molecule has 0 saturated carbocycles. The Bertz CT molecular complexity index is 1250. The van der Waals surface area contributed by atoms with Crippen LogP contribution in [0.25, 0.3) is 11.1 Å². The van der Waals surface area contributed by atoms with Crippen molar-refractivity contribution in [2.24, 2.45) is 0 Å². The molecular formula is C30H28N2O3. The number of anilines is 2. The number of hydrogen-bond acceptors (Lipinski definition) is 3. The van der Waals surface area contributed by atoms with Crippen LogP contribution in [0.5, 0.6) is 5.75 Å². The third-order valence-electron chi connectivity index (χ3n) is 5.75. The number of ether oxygens (including phenoxy) is 1. The zero-order chi connectivity index (χ0) is 24.6. The van der Waals surface area contributed by atoms with Crippen molar-refractivity contribution < 1.29 is 14.3 Å². The Hall–Kier alpha value is -4.38. The summed E-state index contributed by atoms with van der Waals surface area (Å²) in [6.45, 7) is 1.91. The quantitative estimate of drug-likeness (QED) is 0.327. The molecule has 1 N–H and O–H groups in total. The van der Waals surface area contributed by atoms with Gasteiger partial charge in [-0.05, 0) is 66.1 Å². The molecule has 1 unspecified atom stereocenters. The fourth-order valence-electron chi connectivity index (χ4n) is 3.72. The van der Waals surface area contributed by atoms with Crippen LogP contribution in [0, 0.1) is 0 Å². The Labute approximate surface area is 206 Å². The van der Waals surface area contributed by atoms with Gasteiger partial charge < -0.3 is 15.0 Å². The summed E-state index contributed by atoms with van der Waals surface area (Å²) in [7, 11) is 1.74. The fourth-order valence-corrected chi connectivity index (χ4v) is 3.72. The van der Waals surface area contributed by atoms with Crippen LogP contribution in [-0.4, -0.2) is 25.0 Å². The summed E-state index contributed by atoms with van der Waals surface area (Å²) >= 11 is 0. The topological polar surface area (TPSA) is 58.6 Å². The summed E-state index contributed by atoms with van der Waals surface area (Å²) in [6, 6.07) is 34.1. The third kappa shape index (κ3) is 5.95. The number of amides is 2. The lowest BCUT2D eigenvalue weighted by atomic mass is 10.1. The number of nitrogens with zero attached hydrogens (tertiary/aromatic N) is 1. The van der Waals surface area contributed by atoms with E-state index >= 15 is 0 Å². The summed E-state index contributed by atoms with van der Waals surface area (Å²) < 4.78 is 5.96. The molecule has 1 atom stereocenters. The molecule has 0 fully saturated rings. The van der Waals surface area contributed by atoms with Crippen LogP contribution < -0.4 is 15.0 Å². The highest BCUT2D eigenvalue weighted by Gasteiger charge is 2.19. The molecule has 0 radical (unpaired) electrons. The van der Waals surface area contributed by atoms with Crippen LogP contribution in [0.15, 0.2) is 109 Å². The van der Waals surface area contributed by atoms with E-state index in [1.807, 2.05) is 79.7 Å². The van der Waals surface area contributed by atoms with E-state index in [0.29, 0.717) is 23.4 Å². The largest absolute Gasteiger partial charge is 0.481 e. The molecule has 5 heteroatoms. The predicted octanol–water partition coefficient (Wildman–Crippen LogP) is 6.43. The summed E-state index contributed by atoms with van der Waals surface area (Å²) in [5, 5.41) is 2.89. The van der Waals surface area contributed by atoms with Gasteiger partial charge in [-0.15, -0.1) is 0 Å². The van der Waals surface area contributed by atoms with Gasteiger partial charge in [0, 0.05) is 24.0 Å². The van der Waals surface area contributed by atoms with E-state index in [0.717, 1.165) is 16.8 Å². The molecule has 0 aliphatic heterocycles. The lowest BCUT2D eigenvalue weighted by Crippen LogP contribution is -2.32. The van der Waals surface area contributed by atoms with Gasteiger partial charge in [-0.2, -0.15) is 0 Å². The first-order valence-electron chi connectivity index (χ1n) is 11.6. The fraction of sp³-hybridized carbons (Fsp3) is 0.133.